The highest BCUT2D eigenvalue weighted by atomic mass is 15.8. The molecule has 0 aliphatic carbocycles. The molecule has 12 fully saturated rings. The van der Waals surface area contributed by atoms with Crippen molar-refractivity contribution in [3.8, 4) is 6.07 Å². The predicted molar refractivity (Wildman–Crippen MR) is 242 cm³/mol. The summed E-state index contributed by atoms with van der Waals surface area (Å²) in [6.07, 6.45) is 11.6. The van der Waals surface area contributed by atoms with Crippen LogP contribution < -0.4 is 58.8 Å². The molecule has 62 heavy (non-hydrogen) atoms. The third kappa shape index (κ3) is 7.03. The van der Waals surface area contributed by atoms with Crippen LogP contribution in [-0.2, 0) is 0 Å². The predicted octanol–water partition coefficient (Wildman–Crippen LogP) is -12.3. The Morgan fingerprint density at radius 3 is 1.31 bits per heavy atom. The topological polar surface area (TPSA) is 77.1 Å². The van der Waals surface area contributed by atoms with E-state index in [0.717, 1.165) is 36.9 Å². The second kappa shape index (κ2) is 17.9. The summed E-state index contributed by atoms with van der Waals surface area (Å²) in [6, 6.07) is 4.97. The van der Waals surface area contributed by atoms with E-state index in [1.54, 1.807) is 0 Å². The van der Waals surface area contributed by atoms with Crippen molar-refractivity contribution in [2.45, 2.75) is 157 Å². The molecule has 3 spiro atoms. The molecule has 12 saturated heterocycles. The van der Waals surface area contributed by atoms with Gasteiger partial charge in [-0.2, -0.15) is 64.1 Å². The quantitative estimate of drug-likeness (QED) is 0.0949. The molecule has 0 aromatic heterocycles. The molecule has 12 rings (SSSR count). The van der Waals surface area contributed by atoms with Crippen LogP contribution in [0.15, 0.2) is 0 Å². The van der Waals surface area contributed by atoms with Crippen LogP contribution in [0, 0.1) is 28.1 Å². The lowest BCUT2D eigenvalue weighted by molar-refractivity contribution is -1.37. The Balaban J connectivity index is 0.000000133. The van der Waals surface area contributed by atoms with Gasteiger partial charge in [-0.3, -0.25) is 0 Å². The van der Waals surface area contributed by atoms with E-state index in [4.69, 9.17) is 5.26 Å². The second-order valence-electron chi connectivity index (χ2n) is 24.4. The largest absolute Gasteiger partial charge is 0.475 e. The van der Waals surface area contributed by atoms with Crippen LogP contribution in [-0.4, -0.2) is 173 Å². The molecule has 12 aliphatic heterocycles. The Morgan fingerprint density at radius 1 is 0.532 bits per heavy atom. The van der Waals surface area contributed by atoms with Gasteiger partial charge < -0.3 is 0 Å². The molecular formula is C49H105N13+12. The molecule has 12 aliphatic rings. The van der Waals surface area contributed by atoms with Gasteiger partial charge >= 0.3 is 17.7 Å². The van der Waals surface area contributed by atoms with Crippen molar-refractivity contribution in [3.05, 3.63) is 0 Å². The van der Waals surface area contributed by atoms with Gasteiger partial charge in [-0.15, -0.1) is 0 Å². The third-order valence-electron chi connectivity index (χ3n) is 21.0. The van der Waals surface area contributed by atoms with Crippen molar-refractivity contribution in [2.75, 3.05) is 137 Å². The van der Waals surface area contributed by atoms with Crippen molar-refractivity contribution < 1.29 is 58.8 Å². The zero-order valence-electron chi connectivity index (χ0n) is 40.0. The van der Waals surface area contributed by atoms with E-state index in [1.807, 2.05) is 58.8 Å². The maximum absolute atomic E-state index is 8.81. The average Bonchev–Trinajstić information content (AvgIpc) is 4.03. The summed E-state index contributed by atoms with van der Waals surface area (Å²) >= 11 is 0. The smallest absolute Gasteiger partial charge is 0.198 e. The summed E-state index contributed by atoms with van der Waals surface area (Å²) in [5.74, 6) is 2.43. The Hall–Kier alpha value is -0.990. The van der Waals surface area contributed by atoms with Crippen molar-refractivity contribution in [1.29, 1.82) is 5.26 Å². The summed E-state index contributed by atoms with van der Waals surface area (Å²) < 4.78 is 0. The second-order valence-corrected chi connectivity index (χ2v) is 24.4. The minimum absolute atomic E-state index is 0. The molecule has 12 heterocycles. The SMILES string of the molecule is C.C.CCC1C[NH+]2CC[NH+]3CC[NH+]4CC[NH+]1[C@@]342.CCCC(C)(CC(C)CC(C)(C)CC)CC1C[NH+]2CC[NH+]3CC[NH+]4CC[NH+]1[C@@]342.N#CCCC1C[NH+]2CC[NH+]3CC[NH+]4CC[NH+]1[C@@]342. The van der Waals surface area contributed by atoms with Gasteiger partial charge in [-0.05, 0) is 36.0 Å². The van der Waals surface area contributed by atoms with Crippen LogP contribution in [0.2, 0.25) is 0 Å². The van der Waals surface area contributed by atoms with Crippen molar-refractivity contribution in [2.24, 2.45) is 16.7 Å². The zero-order chi connectivity index (χ0) is 41.7. The van der Waals surface area contributed by atoms with E-state index in [2.05, 4.69) is 54.5 Å². The first-order chi connectivity index (χ1) is 29.0. The number of hydrogen-bond acceptors (Lipinski definition) is 1. The van der Waals surface area contributed by atoms with Crippen molar-refractivity contribution in [1.82, 2.24) is 0 Å². The number of nitrogens with zero attached hydrogens (tertiary/aromatic N) is 1. The van der Waals surface area contributed by atoms with E-state index < -0.39 is 0 Å². The summed E-state index contributed by atoms with van der Waals surface area (Å²) in [4.78, 5) is 23.2. The number of rotatable bonds is 12. The lowest BCUT2D eigenvalue weighted by Gasteiger charge is -2.36. The van der Waals surface area contributed by atoms with E-state index >= 15 is 0 Å². The van der Waals surface area contributed by atoms with Gasteiger partial charge in [0, 0.05) is 25.7 Å². The van der Waals surface area contributed by atoms with E-state index in [9.17, 15) is 0 Å². The monoisotopic (exact) mass is 876 g/mol. The molecular weight excluding hydrogens is 771 g/mol. The Kier molecular flexibility index (Phi) is 13.7. The van der Waals surface area contributed by atoms with E-state index in [1.165, 1.54) is 182 Å². The van der Waals surface area contributed by atoms with Gasteiger partial charge in [0.25, 0.3) is 0 Å². The highest BCUT2D eigenvalue weighted by Crippen LogP contribution is 2.40. The van der Waals surface area contributed by atoms with Crippen LogP contribution in [0.25, 0.3) is 0 Å². The van der Waals surface area contributed by atoms with Crippen LogP contribution >= 0.6 is 0 Å². The molecule has 0 aromatic carbocycles. The number of quaternary nitrogens is 12. The molecule has 0 amide bonds. The first kappa shape index (κ1) is 47.5. The zero-order valence-corrected chi connectivity index (χ0v) is 40.0. The fraction of sp³-hybridized carbons (Fsp3) is 0.980. The fourth-order valence-electron chi connectivity index (χ4n) is 19.2. The minimum Gasteiger partial charge on any atom is -0.198 e. The van der Waals surface area contributed by atoms with Gasteiger partial charge in [0.15, 0.2) is 18.1 Å². The van der Waals surface area contributed by atoms with Crippen LogP contribution in [0.3, 0.4) is 0 Å². The van der Waals surface area contributed by atoms with Crippen LogP contribution in [0.4, 0.5) is 0 Å². The molecule has 0 radical (unpaired) electrons. The van der Waals surface area contributed by atoms with E-state index in [-0.39, 0.29) is 14.9 Å². The summed E-state index contributed by atoms with van der Waals surface area (Å²) in [5, 5.41) is 8.81. The molecule has 17 unspecified atom stereocenters. The van der Waals surface area contributed by atoms with Crippen molar-refractivity contribution in [3.63, 3.8) is 0 Å². The third-order valence-corrected chi connectivity index (χ3v) is 21.0. The number of nitriles is 1. The molecule has 12 N–H and O–H groups in total. The standard InChI is InChI=1S/C24H46N4.C12H19N5.C11H20N4.2CH4/c1-7-9-23(6,17-20(3)16-22(4,5)8-2)18-21-19-27-13-12-25-10-11-26-14-15-28(21)24(25,26)27;13-3-1-2-11-10-16-7-6-14-4-5-15-8-9-17(11)12(14,15)16;1-2-10-9-14-6-5-12-3-4-13-7-8-15(10)11(12,13)14;;/h20-21H,7-19H2,1-6H3;11H,1-2,4-10H2;10H,2-9H2,1H3;2*1H4/p+12/t20?,21?,23?,24-;11?,12-;10?,11-;;/m000../s1. The minimum atomic E-state index is 0. The maximum Gasteiger partial charge on any atom is 0.475 e. The van der Waals surface area contributed by atoms with Gasteiger partial charge in [-0.1, -0.05) is 76.2 Å². The normalized spacial score (nSPS) is 48.9. The van der Waals surface area contributed by atoms with E-state index in [0.29, 0.717) is 28.6 Å². The van der Waals surface area contributed by atoms with Gasteiger partial charge in [0.05, 0.1) is 6.07 Å². The first-order valence-electron chi connectivity index (χ1n) is 26.6. The number of nitrogens with one attached hydrogen (secondary N) is 12. The van der Waals surface area contributed by atoms with Gasteiger partial charge in [-0.25, -0.2) is 0 Å². The highest BCUT2D eigenvalue weighted by molar-refractivity contribution is 4.84. The molecule has 20 atom stereocenters. The van der Waals surface area contributed by atoms with Crippen LogP contribution in [0.1, 0.15) is 121 Å². The van der Waals surface area contributed by atoms with Crippen molar-refractivity contribution >= 4 is 0 Å². The Bertz CT molecular complexity index is 1560. The fourth-order valence-corrected chi connectivity index (χ4v) is 19.2. The molecule has 0 saturated carbocycles. The lowest BCUT2D eigenvalue weighted by atomic mass is 9.70. The Labute approximate surface area is 380 Å². The first-order valence-corrected chi connectivity index (χ1v) is 26.6. The summed E-state index contributed by atoms with van der Waals surface area (Å²) in [6.45, 7) is 47.0. The highest BCUT2D eigenvalue weighted by Gasteiger charge is 2.84. The molecule has 354 valence electrons. The molecule has 0 aromatic rings. The Morgan fingerprint density at radius 2 is 0.903 bits per heavy atom. The summed E-state index contributed by atoms with van der Waals surface area (Å²) in [5.41, 5.74) is 1.04. The molecule has 13 nitrogen and oxygen atoms in total. The molecule has 13 heteroatoms. The number of hydrogen-bond donors (Lipinski definition) is 12. The summed E-state index contributed by atoms with van der Waals surface area (Å²) in [7, 11) is 0. The van der Waals surface area contributed by atoms with Gasteiger partial charge in [0.2, 0.25) is 0 Å². The van der Waals surface area contributed by atoms with Crippen LogP contribution in [0.5, 0.6) is 0 Å². The lowest BCUT2D eigenvalue weighted by Crippen LogP contribution is -3.59. The maximum atomic E-state index is 8.81. The average molecular weight is 876 g/mol. The molecule has 0 bridgehead atoms. The van der Waals surface area contributed by atoms with Gasteiger partial charge in [0.1, 0.15) is 137 Å².